The van der Waals surface area contributed by atoms with Crippen LogP contribution in [-0.4, -0.2) is 44.4 Å². The van der Waals surface area contributed by atoms with Gasteiger partial charge in [0, 0.05) is 24.6 Å². The summed E-state index contributed by atoms with van der Waals surface area (Å²) in [7, 11) is 0. The monoisotopic (exact) mass is 478 g/mol. The molecule has 1 fully saturated rings. The van der Waals surface area contributed by atoms with Gasteiger partial charge >= 0.3 is 6.03 Å². The average Bonchev–Trinajstić information content (AvgIpc) is 3.17. The minimum Gasteiger partial charge on any atom is -0.334 e. The normalized spacial score (nSPS) is 15.6. The van der Waals surface area contributed by atoms with E-state index >= 15 is 0 Å². The van der Waals surface area contributed by atoms with E-state index in [0.29, 0.717) is 17.4 Å². The number of nitrogens with zero attached hydrogens (tertiary/aromatic N) is 3. The van der Waals surface area contributed by atoms with Crippen LogP contribution in [0.15, 0.2) is 47.6 Å². The van der Waals surface area contributed by atoms with Gasteiger partial charge in [-0.15, -0.1) is 10.2 Å². The first-order chi connectivity index (χ1) is 16.3. The number of carbonyl (C=O) groups excluding carboxylic acids is 3. The lowest BCUT2D eigenvalue weighted by atomic mass is 10.1. The van der Waals surface area contributed by atoms with Crippen molar-refractivity contribution in [3.8, 4) is 5.69 Å². The number of imide groups is 1. The van der Waals surface area contributed by atoms with Crippen molar-refractivity contribution in [3.63, 3.8) is 0 Å². The lowest BCUT2D eigenvalue weighted by Crippen LogP contribution is -2.53. The third-order valence-corrected chi connectivity index (χ3v) is 6.44. The van der Waals surface area contributed by atoms with E-state index in [-0.39, 0.29) is 24.0 Å². The predicted octanol–water partition coefficient (Wildman–Crippen LogP) is 3.06. The molecule has 1 aliphatic heterocycles. The van der Waals surface area contributed by atoms with E-state index in [2.05, 4.69) is 26.1 Å². The number of carbonyl (C=O) groups is 3. The van der Waals surface area contributed by atoms with Crippen LogP contribution in [0.25, 0.3) is 5.69 Å². The Morgan fingerprint density at radius 3 is 2.68 bits per heavy atom. The van der Waals surface area contributed by atoms with Crippen LogP contribution in [0.5, 0.6) is 0 Å². The van der Waals surface area contributed by atoms with E-state index in [1.807, 2.05) is 67.8 Å². The fourth-order valence-electron chi connectivity index (χ4n) is 3.78. The highest BCUT2D eigenvalue weighted by molar-refractivity contribution is 7.99. The molecule has 1 aromatic heterocycles. The number of aryl methyl sites for hydroxylation is 3. The molecule has 2 heterocycles. The molecule has 4 rings (SSSR count). The summed E-state index contributed by atoms with van der Waals surface area (Å²) >= 11 is 1.28. The summed E-state index contributed by atoms with van der Waals surface area (Å²) in [5.74, 6) is 0.289. The van der Waals surface area contributed by atoms with E-state index in [9.17, 15) is 14.4 Å². The number of urea groups is 1. The summed E-state index contributed by atoms with van der Waals surface area (Å²) in [4.78, 5) is 36.2. The molecule has 1 unspecified atom stereocenters. The van der Waals surface area contributed by atoms with Crippen molar-refractivity contribution in [2.24, 2.45) is 0 Å². The summed E-state index contributed by atoms with van der Waals surface area (Å²) in [6, 6.07) is 12.8. The van der Waals surface area contributed by atoms with Gasteiger partial charge in [0.2, 0.25) is 11.8 Å². The molecule has 3 aromatic rings. The molecule has 9 nitrogen and oxygen atoms in total. The number of rotatable bonds is 7. The van der Waals surface area contributed by atoms with E-state index < -0.39 is 12.1 Å². The van der Waals surface area contributed by atoms with Crippen LogP contribution in [-0.2, 0) is 16.0 Å². The van der Waals surface area contributed by atoms with Crippen LogP contribution in [0.2, 0.25) is 0 Å². The van der Waals surface area contributed by atoms with Gasteiger partial charge < -0.3 is 10.6 Å². The first-order valence-corrected chi connectivity index (χ1v) is 11.9. The van der Waals surface area contributed by atoms with Crippen molar-refractivity contribution in [3.05, 3.63) is 65.0 Å². The Morgan fingerprint density at radius 2 is 1.91 bits per heavy atom. The third-order valence-electron chi connectivity index (χ3n) is 5.51. The van der Waals surface area contributed by atoms with Crippen LogP contribution in [0, 0.1) is 20.8 Å². The van der Waals surface area contributed by atoms with Crippen molar-refractivity contribution >= 4 is 35.3 Å². The fourth-order valence-corrected chi connectivity index (χ4v) is 4.54. The van der Waals surface area contributed by atoms with Crippen LogP contribution in [0.4, 0.5) is 10.5 Å². The quantitative estimate of drug-likeness (QED) is 0.449. The summed E-state index contributed by atoms with van der Waals surface area (Å²) in [6.45, 7) is 5.94. The van der Waals surface area contributed by atoms with Crippen molar-refractivity contribution in [1.82, 2.24) is 25.4 Å². The van der Waals surface area contributed by atoms with Gasteiger partial charge in [0.1, 0.15) is 5.82 Å². The van der Waals surface area contributed by atoms with Crippen LogP contribution in [0.1, 0.15) is 28.9 Å². The molecule has 4 amide bonds. The molecule has 0 saturated carbocycles. The number of amides is 4. The maximum absolute atomic E-state index is 12.6. The van der Waals surface area contributed by atoms with Gasteiger partial charge in [-0.2, -0.15) is 0 Å². The number of benzene rings is 2. The number of hydrogen-bond donors (Lipinski definition) is 3. The molecule has 1 aliphatic rings. The zero-order chi connectivity index (χ0) is 24.2. The molecule has 10 heteroatoms. The molecule has 1 atom stereocenters. The topological polar surface area (TPSA) is 118 Å². The summed E-state index contributed by atoms with van der Waals surface area (Å²) in [5.41, 5.74) is 4.74. The number of thioether (sulfide) groups is 1. The van der Waals surface area contributed by atoms with Crippen molar-refractivity contribution in [2.75, 3.05) is 11.1 Å². The Balaban J connectivity index is 1.58. The fraction of sp³-hybridized carbons (Fsp3) is 0.292. The van der Waals surface area contributed by atoms with Gasteiger partial charge in [0.25, 0.3) is 0 Å². The summed E-state index contributed by atoms with van der Waals surface area (Å²) < 4.78 is 1.91. The Hall–Kier alpha value is -3.66. The highest BCUT2D eigenvalue weighted by Gasteiger charge is 2.27. The van der Waals surface area contributed by atoms with E-state index in [4.69, 9.17) is 0 Å². The maximum Gasteiger partial charge on any atom is 0.321 e. The van der Waals surface area contributed by atoms with Gasteiger partial charge in [-0.3, -0.25) is 19.5 Å². The lowest BCUT2D eigenvalue weighted by molar-refractivity contribution is -0.121. The molecule has 0 aliphatic carbocycles. The van der Waals surface area contributed by atoms with Crippen LogP contribution < -0.4 is 16.0 Å². The second kappa shape index (κ2) is 10.1. The Bertz CT molecular complexity index is 1240. The lowest BCUT2D eigenvalue weighted by Gasteiger charge is -2.23. The second-order valence-corrected chi connectivity index (χ2v) is 9.25. The van der Waals surface area contributed by atoms with Crippen LogP contribution in [0.3, 0.4) is 0 Å². The highest BCUT2D eigenvalue weighted by Crippen LogP contribution is 2.26. The maximum atomic E-state index is 12.6. The number of para-hydroxylation sites is 1. The standard InChI is InChI=1S/C24H26N6O3S/c1-14-8-9-16(3)19(10-14)30-20(11-17-12-21(31)27-23(33)25-17)28-29-24(30)34-13-22(32)26-18-7-5-4-6-15(18)2/h4-10,17H,11-13H2,1-3H3,(H,26,32)(H2,25,27,31,33). The zero-order valence-corrected chi connectivity index (χ0v) is 20.0. The van der Waals surface area contributed by atoms with E-state index in [1.165, 1.54) is 11.8 Å². The minimum absolute atomic E-state index is 0.146. The van der Waals surface area contributed by atoms with Crippen molar-refractivity contribution in [2.45, 2.75) is 44.8 Å². The predicted molar refractivity (Wildman–Crippen MR) is 130 cm³/mol. The Kier molecular flexibility index (Phi) is 6.97. The minimum atomic E-state index is -0.512. The van der Waals surface area contributed by atoms with Gasteiger partial charge in [-0.05, 0) is 49.6 Å². The van der Waals surface area contributed by atoms with E-state index in [1.54, 1.807) is 0 Å². The summed E-state index contributed by atoms with van der Waals surface area (Å²) in [6.07, 6.45) is 0.488. The number of anilines is 1. The first kappa shape index (κ1) is 23.5. The summed E-state index contributed by atoms with van der Waals surface area (Å²) in [5, 5.41) is 17.2. The Morgan fingerprint density at radius 1 is 1.12 bits per heavy atom. The molecule has 34 heavy (non-hydrogen) atoms. The smallest absolute Gasteiger partial charge is 0.321 e. The molecule has 0 radical (unpaired) electrons. The average molecular weight is 479 g/mol. The SMILES string of the molecule is Cc1ccc(C)c(-n2c(CC3CC(=O)NC(=O)N3)nnc2SCC(=O)Nc2ccccc2C)c1. The molecule has 0 bridgehead atoms. The van der Waals surface area contributed by atoms with Gasteiger partial charge in [-0.25, -0.2) is 4.79 Å². The van der Waals surface area contributed by atoms with Crippen LogP contribution >= 0.6 is 11.8 Å². The van der Waals surface area contributed by atoms with Gasteiger partial charge in [0.15, 0.2) is 5.16 Å². The number of hydrogen-bond acceptors (Lipinski definition) is 6. The molecule has 0 spiro atoms. The largest absolute Gasteiger partial charge is 0.334 e. The molecule has 2 aromatic carbocycles. The van der Waals surface area contributed by atoms with E-state index in [0.717, 1.165) is 28.1 Å². The zero-order valence-electron chi connectivity index (χ0n) is 19.2. The second-order valence-electron chi connectivity index (χ2n) is 8.30. The molecular weight excluding hydrogens is 452 g/mol. The first-order valence-electron chi connectivity index (χ1n) is 10.9. The number of aromatic nitrogens is 3. The Labute approximate surface area is 201 Å². The van der Waals surface area contributed by atoms with Gasteiger partial charge in [-0.1, -0.05) is 42.1 Å². The number of nitrogens with one attached hydrogen (secondary N) is 3. The highest BCUT2D eigenvalue weighted by atomic mass is 32.2. The van der Waals surface area contributed by atoms with Crippen molar-refractivity contribution in [1.29, 1.82) is 0 Å². The van der Waals surface area contributed by atoms with Crippen molar-refractivity contribution < 1.29 is 14.4 Å². The third kappa shape index (κ3) is 5.45. The molecule has 3 N–H and O–H groups in total. The molecule has 1 saturated heterocycles. The molecule has 176 valence electrons. The van der Waals surface area contributed by atoms with Gasteiger partial charge in [0.05, 0.1) is 11.4 Å². The molecular formula is C24H26N6O3S.